The van der Waals surface area contributed by atoms with Crippen molar-refractivity contribution in [1.29, 1.82) is 0 Å². The predicted molar refractivity (Wildman–Crippen MR) is 97.2 cm³/mol. The predicted octanol–water partition coefficient (Wildman–Crippen LogP) is 2.80. The number of benzene rings is 1. The summed E-state index contributed by atoms with van der Waals surface area (Å²) in [6, 6.07) is 5.80. The molecule has 2 rings (SSSR count). The Kier molecular flexibility index (Phi) is 6.37. The molecule has 1 aliphatic heterocycles. The van der Waals surface area contributed by atoms with E-state index in [9.17, 15) is 9.59 Å². The van der Waals surface area contributed by atoms with Gasteiger partial charge < -0.3 is 15.5 Å². The highest BCUT2D eigenvalue weighted by atomic mass is 16.2. The van der Waals surface area contributed by atoms with Gasteiger partial charge >= 0.3 is 0 Å². The summed E-state index contributed by atoms with van der Waals surface area (Å²) >= 11 is 0. The molecule has 1 fully saturated rings. The normalized spacial score (nSPS) is 17.4. The monoisotopic (exact) mass is 331 g/mol. The maximum absolute atomic E-state index is 12.8. The molecule has 0 aromatic heterocycles. The Labute approximate surface area is 144 Å². The molecule has 132 valence electrons. The first-order valence-electron chi connectivity index (χ1n) is 8.78. The average molecular weight is 331 g/mol. The molecule has 1 atom stereocenters. The number of likely N-dealkylation sites (tertiary alicyclic amines) is 1. The highest BCUT2D eigenvalue weighted by Crippen LogP contribution is 2.23. The van der Waals surface area contributed by atoms with Gasteiger partial charge in [0.2, 0.25) is 5.91 Å². The van der Waals surface area contributed by atoms with E-state index in [0.717, 1.165) is 37.2 Å². The number of rotatable bonds is 6. The van der Waals surface area contributed by atoms with Crippen LogP contribution in [0, 0.1) is 12.8 Å². The number of anilines is 1. The Morgan fingerprint density at radius 2 is 2.08 bits per heavy atom. The molecule has 2 N–H and O–H groups in total. The summed E-state index contributed by atoms with van der Waals surface area (Å²) in [7, 11) is 1.92. The second-order valence-corrected chi connectivity index (χ2v) is 7.03. The lowest BCUT2D eigenvalue weighted by molar-refractivity contribution is -0.116. The molecule has 0 spiro atoms. The van der Waals surface area contributed by atoms with E-state index in [1.807, 2.05) is 50.9 Å². The molecule has 1 heterocycles. The molecule has 5 nitrogen and oxygen atoms in total. The molecule has 0 saturated carbocycles. The van der Waals surface area contributed by atoms with E-state index in [-0.39, 0.29) is 17.9 Å². The van der Waals surface area contributed by atoms with Crippen molar-refractivity contribution in [3.63, 3.8) is 0 Å². The lowest BCUT2D eigenvalue weighted by atomic mass is 10.1. The topological polar surface area (TPSA) is 61.4 Å². The maximum atomic E-state index is 12.8. The van der Waals surface area contributed by atoms with Crippen LogP contribution in [-0.2, 0) is 4.79 Å². The van der Waals surface area contributed by atoms with Crippen molar-refractivity contribution in [2.24, 2.45) is 5.92 Å². The minimum atomic E-state index is 0.0146. The summed E-state index contributed by atoms with van der Waals surface area (Å²) in [6.45, 7) is 7.61. The Morgan fingerprint density at radius 3 is 2.71 bits per heavy atom. The van der Waals surface area contributed by atoms with Gasteiger partial charge in [-0.05, 0) is 56.5 Å². The number of nitrogens with one attached hydrogen (secondary N) is 2. The summed E-state index contributed by atoms with van der Waals surface area (Å²) < 4.78 is 0. The quantitative estimate of drug-likeness (QED) is 0.842. The molecule has 0 radical (unpaired) electrons. The van der Waals surface area contributed by atoms with Gasteiger partial charge in [0, 0.05) is 36.8 Å². The van der Waals surface area contributed by atoms with Crippen LogP contribution in [0.25, 0.3) is 0 Å². The SMILES string of the molecule is CNCC1CCCN1C(=O)c1ccc(NC(=O)CC(C)C)c(C)c1. The van der Waals surface area contributed by atoms with Crippen LogP contribution < -0.4 is 10.6 Å². The fraction of sp³-hybridized carbons (Fsp3) is 0.579. The fourth-order valence-electron chi connectivity index (χ4n) is 3.23. The first-order chi connectivity index (χ1) is 11.4. The lowest BCUT2D eigenvalue weighted by Gasteiger charge is -2.25. The van der Waals surface area contributed by atoms with Gasteiger partial charge in [0.05, 0.1) is 0 Å². The second kappa shape index (κ2) is 8.29. The van der Waals surface area contributed by atoms with Crippen LogP contribution in [0.2, 0.25) is 0 Å². The van der Waals surface area contributed by atoms with Crippen LogP contribution in [0.15, 0.2) is 18.2 Å². The highest BCUT2D eigenvalue weighted by Gasteiger charge is 2.28. The highest BCUT2D eigenvalue weighted by molar-refractivity contribution is 5.97. The molecule has 1 aromatic carbocycles. The lowest BCUT2D eigenvalue weighted by Crippen LogP contribution is -2.40. The number of carbonyl (C=O) groups excluding carboxylic acids is 2. The van der Waals surface area contributed by atoms with Gasteiger partial charge in [0.25, 0.3) is 5.91 Å². The zero-order valence-corrected chi connectivity index (χ0v) is 15.2. The standard InChI is InChI=1S/C19H29N3O2/c1-13(2)10-18(23)21-17-8-7-15(11-14(17)3)19(24)22-9-5-6-16(22)12-20-4/h7-8,11,13,16,20H,5-6,9-10,12H2,1-4H3,(H,21,23). The van der Waals surface area contributed by atoms with Crippen LogP contribution in [0.5, 0.6) is 0 Å². The zero-order valence-electron chi connectivity index (χ0n) is 15.2. The van der Waals surface area contributed by atoms with Crippen molar-refractivity contribution >= 4 is 17.5 Å². The van der Waals surface area contributed by atoms with Crippen molar-refractivity contribution < 1.29 is 9.59 Å². The van der Waals surface area contributed by atoms with Crippen molar-refractivity contribution in [2.75, 3.05) is 25.5 Å². The Hall–Kier alpha value is -1.88. The minimum absolute atomic E-state index is 0.0146. The Balaban J connectivity index is 2.08. The number of hydrogen-bond acceptors (Lipinski definition) is 3. The number of aryl methyl sites for hydroxylation is 1. The number of amides is 2. The third-order valence-corrected chi connectivity index (χ3v) is 4.42. The molecule has 2 amide bonds. The molecule has 1 aromatic rings. The van der Waals surface area contributed by atoms with Gasteiger partial charge in [0.15, 0.2) is 0 Å². The summed E-state index contributed by atoms with van der Waals surface area (Å²) in [6.07, 6.45) is 2.61. The van der Waals surface area contributed by atoms with Crippen LogP contribution in [-0.4, -0.2) is 42.9 Å². The van der Waals surface area contributed by atoms with Crippen molar-refractivity contribution in [1.82, 2.24) is 10.2 Å². The van der Waals surface area contributed by atoms with E-state index >= 15 is 0 Å². The molecular formula is C19H29N3O2. The fourth-order valence-corrected chi connectivity index (χ4v) is 3.23. The van der Waals surface area contributed by atoms with Crippen molar-refractivity contribution in [3.8, 4) is 0 Å². The zero-order chi connectivity index (χ0) is 17.7. The Morgan fingerprint density at radius 1 is 1.33 bits per heavy atom. The van der Waals surface area contributed by atoms with Crippen LogP contribution in [0.1, 0.15) is 49.0 Å². The van der Waals surface area contributed by atoms with E-state index in [0.29, 0.717) is 17.9 Å². The van der Waals surface area contributed by atoms with E-state index < -0.39 is 0 Å². The summed E-state index contributed by atoms with van der Waals surface area (Å²) in [5.74, 6) is 0.419. The Bertz CT molecular complexity index is 598. The number of hydrogen-bond donors (Lipinski definition) is 2. The summed E-state index contributed by atoms with van der Waals surface area (Å²) in [5.41, 5.74) is 2.39. The first-order valence-corrected chi connectivity index (χ1v) is 8.78. The average Bonchev–Trinajstić information content (AvgIpc) is 2.96. The van der Waals surface area contributed by atoms with Gasteiger partial charge in [-0.25, -0.2) is 0 Å². The number of nitrogens with zero attached hydrogens (tertiary/aromatic N) is 1. The minimum Gasteiger partial charge on any atom is -0.334 e. The smallest absolute Gasteiger partial charge is 0.254 e. The van der Waals surface area contributed by atoms with Gasteiger partial charge in [-0.2, -0.15) is 0 Å². The maximum Gasteiger partial charge on any atom is 0.254 e. The van der Waals surface area contributed by atoms with E-state index in [4.69, 9.17) is 0 Å². The van der Waals surface area contributed by atoms with E-state index in [1.165, 1.54) is 0 Å². The van der Waals surface area contributed by atoms with Crippen molar-refractivity contribution in [2.45, 2.75) is 46.1 Å². The number of likely N-dealkylation sites (N-methyl/N-ethyl adjacent to an activating group) is 1. The van der Waals surface area contributed by atoms with Crippen LogP contribution in [0.3, 0.4) is 0 Å². The van der Waals surface area contributed by atoms with E-state index in [1.54, 1.807) is 0 Å². The largest absolute Gasteiger partial charge is 0.334 e. The molecule has 1 saturated heterocycles. The molecule has 1 unspecified atom stereocenters. The first kappa shape index (κ1) is 18.5. The van der Waals surface area contributed by atoms with Crippen LogP contribution in [0.4, 0.5) is 5.69 Å². The number of carbonyl (C=O) groups is 2. The van der Waals surface area contributed by atoms with Gasteiger partial charge in [-0.15, -0.1) is 0 Å². The summed E-state index contributed by atoms with van der Waals surface area (Å²) in [4.78, 5) is 26.7. The molecule has 5 heteroatoms. The third kappa shape index (κ3) is 4.57. The second-order valence-electron chi connectivity index (χ2n) is 7.03. The van der Waals surface area contributed by atoms with E-state index in [2.05, 4.69) is 10.6 Å². The van der Waals surface area contributed by atoms with Gasteiger partial charge in [0.1, 0.15) is 0 Å². The molecule has 1 aliphatic rings. The van der Waals surface area contributed by atoms with Crippen LogP contribution >= 0.6 is 0 Å². The molecule has 24 heavy (non-hydrogen) atoms. The molecular weight excluding hydrogens is 302 g/mol. The van der Waals surface area contributed by atoms with Gasteiger partial charge in [-0.3, -0.25) is 9.59 Å². The van der Waals surface area contributed by atoms with Crippen molar-refractivity contribution in [3.05, 3.63) is 29.3 Å². The summed E-state index contributed by atoms with van der Waals surface area (Å²) in [5, 5.41) is 6.09. The third-order valence-electron chi connectivity index (χ3n) is 4.42. The van der Waals surface area contributed by atoms with Gasteiger partial charge in [-0.1, -0.05) is 13.8 Å². The molecule has 0 aliphatic carbocycles. The molecule has 0 bridgehead atoms.